The van der Waals surface area contributed by atoms with Crippen LogP contribution in [0.2, 0.25) is 0 Å². The Balaban J connectivity index is 2.26. The largest absolute Gasteiger partial charge is 0.314 e. The summed E-state index contributed by atoms with van der Waals surface area (Å²) >= 11 is 0. The lowest BCUT2D eigenvalue weighted by Gasteiger charge is -2.35. The molecule has 2 rings (SSSR count). The molecular weight excluding hydrogens is 278 g/mol. The van der Waals surface area contributed by atoms with Crippen molar-refractivity contribution in [3.8, 4) is 0 Å². The van der Waals surface area contributed by atoms with Crippen molar-refractivity contribution < 1.29 is 4.92 Å². The highest BCUT2D eigenvalue weighted by molar-refractivity contribution is 5.43. The summed E-state index contributed by atoms with van der Waals surface area (Å²) in [6.45, 7) is 10.3. The van der Waals surface area contributed by atoms with Gasteiger partial charge in [-0.1, -0.05) is 26.0 Å². The third kappa shape index (κ3) is 4.27. The standard InChI is InChI=1S/C17H27N3O2/c1-13(2)4-7-16(19-10-8-18-9-11-19)15-6-5-14(3)17(12-15)20(21)22/h5-6,12-13,16,18H,4,7-11H2,1-3H3/t16-/m1/s1. The van der Waals surface area contributed by atoms with Crippen LogP contribution in [0.25, 0.3) is 0 Å². The van der Waals surface area contributed by atoms with E-state index in [9.17, 15) is 10.1 Å². The fourth-order valence-corrected chi connectivity index (χ4v) is 3.08. The quantitative estimate of drug-likeness (QED) is 0.647. The lowest BCUT2D eigenvalue weighted by Crippen LogP contribution is -2.45. The van der Waals surface area contributed by atoms with Crippen molar-refractivity contribution >= 4 is 5.69 Å². The van der Waals surface area contributed by atoms with Crippen molar-refractivity contribution in [2.75, 3.05) is 26.2 Å². The van der Waals surface area contributed by atoms with Gasteiger partial charge in [-0.2, -0.15) is 0 Å². The zero-order chi connectivity index (χ0) is 16.1. The molecule has 1 aromatic rings. The zero-order valence-corrected chi connectivity index (χ0v) is 13.8. The maximum Gasteiger partial charge on any atom is 0.272 e. The van der Waals surface area contributed by atoms with Crippen LogP contribution < -0.4 is 5.32 Å². The molecule has 1 aliphatic rings. The fourth-order valence-electron chi connectivity index (χ4n) is 3.08. The molecule has 1 atom stereocenters. The van der Waals surface area contributed by atoms with E-state index in [0.717, 1.165) is 50.1 Å². The number of nitrogens with zero attached hydrogens (tertiary/aromatic N) is 2. The minimum atomic E-state index is -0.268. The molecule has 1 N–H and O–H groups in total. The van der Waals surface area contributed by atoms with Crippen LogP contribution in [0.15, 0.2) is 18.2 Å². The third-order valence-electron chi connectivity index (χ3n) is 4.42. The first-order chi connectivity index (χ1) is 10.5. The molecule has 22 heavy (non-hydrogen) atoms. The van der Waals surface area contributed by atoms with E-state index >= 15 is 0 Å². The highest BCUT2D eigenvalue weighted by Crippen LogP contribution is 2.31. The Kier molecular flexibility index (Phi) is 5.91. The Morgan fingerprint density at radius 2 is 1.95 bits per heavy atom. The highest BCUT2D eigenvalue weighted by Gasteiger charge is 2.24. The molecule has 5 heteroatoms. The summed E-state index contributed by atoms with van der Waals surface area (Å²) in [5, 5.41) is 14.6. The molecule has 0 bridgehead atoms. The van der Waals surface area contributed by atoms with Crippen molar-refractivity contribution in [3.63, 3.8) is 0 Å². The van der Waals surface area contributed by atoms with Crippen LogP contribution in [-0.2, 0) is 0 Å². The monoisotopic (exact) mass is 305 g/mol. The first kappa shape index (κ1) is 16.9. The normalized spacial score (nSPS) is 17.6. The van der Waals surface area contributed by atoms with Crippen molar-refractivity contribution in [3.05, 3.63) is 39.4 Å². The molecule has 0 radical (unpaired) electrons. The van der Waals surface area contributed by atoms with Gasteiger partial charge in [-0.3, -0.25) is 15.0 Å². The Morgan fingerprint density at radius 1 is 1.27 bits per heavy atom. The second-order valence-corrected chi connectivity index (χ2v) is 6.58. The van der Waals surface area contributed by atoms with E-state index in [1.165, 1.54) is 0 Å². The van der Waals surface area contributed by atoms with Crippen molar-refractivity contribution in [2.45, 2.75) is 39.7 Å². The van der Waals surface area contributed by atoms with Gasteiger partial charge in [0.15, 0.2) is 0 Å². The third-order valence-corrected chi connectivity index (χ3v) is 4.42. The van der Waals surface area contributed by atoms with E-state index in [1.54, 1.807) is 13.0 Å². The minimum Gasteiger partial charge on any atom is -0.314 e. The summed E-state index contributed by atoms with van der Waals surface area (Å²) in [5.41, 5.74) is 2.05. The van der Waals surface area contributed by atoms with Gasteiger partial charge in [-0.05, 0) is 31.2 Å². The van der Waals surface area contributed by atoms with E-state index in [0.29, 0.717) is 5.92 Å². The Morgan fingerprint density at radius 3 is 2.55 bits per heavy atom. The topological polar surface area (TPSA) is 58.4 Å². The molecule has 0 aliphatic carbocycles. The average Bonchev–Trinajstić information content (AvgIpc) is 2.49. The molecule has 1 saturated heterocycles. The molecule has 1 aromatic carbocycles. The van der Waals surface area contributed by atoms with Gasteiger partial charge >= 0.3 is 0 Å². The first-order valence-electron chi connectivity index (χ1n) is 8.18. The van der Waals surface area contributed by atoms with E-state index in [4.69, 9.17) is 0 Å². The number of nitrogens with one attached hydrogen (secondary N) is 1. The Bertz CT molecular complexity index is 511. The lowest BCUT2D eigenvalue weighted by molar-refractivity contribution is -0.385. The maximum atomic E-state index is 11.2. The van der Waals surface area contributed by atoms with Crippen molar-refractivity contribution in [1.29, 1.82) is 0 Å². The second-order valence-electron chi connectivity index (χ2n) is 6.58. The van der Waals surface area contributed by atoms with Gasteiger partial charge in [0.1, 0.15) is 0 Å². The Labute approximate surface area is 132 Å². The number of hydrogen-bond donors (Lipinski definition) is 1. The van der Waals surface area contributed by atoms with Crippen LogP contribution in [0, 0.1) is 23.0 Å². The molecular formula is C17H27N3O2. The van der Waals surface area contributed by atoms with Crippen LogP contribution >= 0.6 is 0 Å². The number of rotatable bonds is 6. The SMILES string of the molecule is Cc1ccc([C@@H](CCC(C)C)N2CCNCC2)cc1[N+](=O)[O-]. The summed E-state index contributed by atoms with van der Waals surface area (Å²) in [4.78, 5) is 13.4. The number of hydrogen-bond acceptors (Lipinski definition) is 4. The molecule has 0 spiro atoms. The molecule has 0 aromatic heterocycles. The van der Waals surface area contributed by atoms with E-state index in [1.807, 2.05) is 6.07 Å². The number of benzene rings is 1. The first-order valence-corrected chi connectivity index (χ1v) is 8.18. The van der Waals surface area contributed by atoms with Gasteiger partial charge in [0.05, 0.1) is 4.92 Å². The van der Waals surface area contributed by atoms with Crippen molar-refractivity contribution in [1.82, 2.24) is 10.2 Å². The van der Waals surface area contributed by atoms with E-state index in [-0.39, 0.29) is 16.7 Å². The molecule has 0 saturated carbocycles. The van der Waals surface area contributed by atoms with Gasteiger partial charge in [0, 0.05) is 43.9 Å². The smallest absolute Gasteiger partial charge is 0.272 e. The highest BCUT2D eigenvalue weighted by atomic mass is 16.6. The summed E-state index contributed by atoms with van der Waals surface area (Å²) in [6.07, 6.45) is 2.19. The number of aryl methyl sites for hydroxylation is 1. The van der Waals surface area contributed by atoms with Crippen LogP contribution in [-0.4, -0.2) is 36.0 Å². The average molecular weight is 305 g/mol. The molecule has 1 aliphatic heterocycles. The molecule has 0 unspecified atom stereocenters. The van der Waals surface area contributed by atoms with Gasteiger partial charge in [0.2, 0.25) is 0 Å². The van der Waals surface area contributed by atoms with Crippen LogP contribution in [0.5, 0.6) is 0 Å². The number of nitro benzene ring substituents is 1. The summed E-state index contributed by atoms with van der Waals surface area (Å²) in [7, 11) is 0. The summed E-state index contributed by atoms with van der Waals surface area (Å²) < 4.78 is 0. The minimum absolute atomic E-state index is 0.238. The van der Waals surface area contributed by atoms with Gasteiger partial charge in [-0.25, -0.2) is 0 Å². The van der Waals surface area contributed by atoms with Crippen LogP contribution in [0.1, 0.15) is 43.9 Å². The lowest BCUT2D eigenvalue weighted by atomic mass is 9.94. The second kappa shape index (κ2) is 7.70. The predicted molar refractivity (Wildman–Crippen MR) is 89.1 cm³/mol. The number of nitro groups is 1. The van der Waals surface area contributed by atoms with Gasteiger partial charge in [-0.15, -0.1) is 0 Å². The Hall–Kier alpha value is -1.46. The molecule has 0 amide bonds. The summed E-state index contributed by atoms with van der Waals surface area (Å²) in [6, 6.07) is 6.01. The summed E-state index contributed by atoms with van der Waals surface area (Å²) in [5.74, 6) is 0.644. The molecule has 122 valence electrons. The fraction of sp³-hybridized carbons (Fsp3) is 0.647. The number of piperazine rings is 1. The van der Waals surface area contributed by atoms with Crippen molar-refractivity contribution in [2.24, 2.45) is 5.92 Å². The van der Waals surface area contributed by atoms with Crippen LogP contribution in [0.3, 0.4) is 0 Å². The predicted octanol–water partition coefficient (Wildman–Crippen LogP) is 3.29. The van der Waals surface area contributed by atoms with E-state index in [2.05, 4.69) is 30.1 Å². The molecule has 1 heterocycles. The van der Waals surface area contributed by atoms with Gasteiger partial charge in [0.25, 0.3) is 5.69 Å². The van der Waals surface area contributed by atoms with Gasteiger partial charge < -0.3 is 5.32 Å². The zero-order valence-electron chi connectivity index (χ0n) is 13.8. The molecule has 1 fully saturated rings. The molecule has 5 nitrogen and oxygen atoms in total. The van der Waals surface area contributed by atoms with Crippen LogP contribution in [0.4, 0.5) is 5.69 Å². The van der Waals surface area contributed by atoms with E-state index < -0.39 is 0 Å². The maximum absolute atomic E-state index is 11.2.